The third-order valence-corrected chi connectivity index (χ3v) is 5.29. The zero-order valence-corrected chi connectivity index (χ0v) is 17.9. The van der Waals surface area contributed by atoms with Gasteiger partial charge in [-0.05, 0) is 70.6 Å². The van der Waals surface area contributed by atoms with E-state index in [2.05, 4.69) is 10.7 Å². The van der Waals surface area contributed by atoms with Crippen LogP contribution < -0.4 is 10.7 Å². The molecule has 162 valence electrons. The van der Waals surface area contributed by atoms with Gasteiger partial charge < -0.3 is 4.74 Å². The predicted molar refractivity (Wildman–Crippen MR) is 109 cm³/mol. The summed E-state index contributed by atoms with van der Waals surface area (Å²) in [5, 5.41) is 3.66. The summed E-state index contributed by atoms with van der Waals surface area (Å²) >= 11 is 0. The molecule has 2 aliphatic rings. The van der Waals surface area contributed by atoms with Gasteiger partial charge in [0, 0.05) is 12.0 Å². The van der Waals surface area contributed by atoms with E-state index in [0.717, 1.165) is 18.4 Å². The van der Waals surface area contributed by atoms with Crippen LogP contribution in [0.25, 0.3) is 0 Å². The fourth-order valence-corrected chi connectivity index (χ4v) is 3.51. The number of amides is 4. The summed E-state index contributed by atoms with van der Waals surface area (Å²) in [5.41, 5.74) is 3.23. The lowest BCUT2D eigenvalue weighted by Gasteiger charge is -2.31. The zero-order valence-electron chi connectivity index (χ0n) is 17.9. The van der Waals surface area contributed by atoms with Crippen LogP contribution >= 0.6 is 0 Å². The third kappa shape index (κ3) is 5.58. The quantitative estimate of drug-likeness (QED) is 0.568. The highest BCUT2D eigenvalue weighted by Crippen LogP contribution is 2.35. The second kappa shape index (κ2) is 8.45. The van der Waals surface area contributed by atoms with E-state index in [4.69, 9.17) is 4.74 Å². The Balaban J connectivity index is 1.69. The smallest absolute Gasteiger partial charge is 0.426 e. The molecule has 1 aliphatic heterocycles. The van der Waals surface area contributed by atoms with Crippen molar-refractivity contribution in [2.45, 2.75) is 65.0 Å². The van der Waals surface area contributed by atoms with E-state index in [1.807, 2.05) is 6.92 Å². The highest BCUT2D eigenvalue weighted by atomic mass is 16.6. The van der Waals surface area contributed by atoms with Crippen molar-refractivity contribution in [3.8, 4) is 0 Å². The second-order valence-corrected chi connectivity index (χ2v) is 9.08. The minimum absolute atomic E-state index is 0.155. The summed E-state index contributed by atoms with van der Waals surface area (Å²) < 4.78 is 5.31. The maximum Gasteiger partial charge on any atom is 0.426 e. The first-order valence-electron chi connectivity index (χ1n) is 10.3. The van der Waals surface area contributed by atoms with Gasteiger partial charge in [0.15, 0.2) is 0 Å². The van der Waals surface area contributed by atoms with Gasteiger partial charge in [-0.15, -0.1) is 0 Å². The van der Waals surface area contributed by atoms with Crippen molar-refractivity contribution < 1.29 is 23.9 Å². The number of hydrazine groups is 1. The van der Waals surface area contributed by atoms with E-state index < -0.39 is 11.7 Å². The lowest BCUT2D eigenvalue weighted by atomic mass is 9.97. The first kappa shape index (κ1) is 21.8. The molecular formula is C22H29N3O5. The van der Waals surface area contributed by atoms with Crippen LogP contribution in [-0.4, -0.2) is 40.5 Å². The maximum absolute atomic E-state index is 13.1. The number of carbonyl (C=O) groups excluding carboxylic acids is 4. The Kier molecular flexibility index (Phi) is 6.14. The largest absolute Gasteiger partial charge is 0.443 e. The maximum atomic E-state index is 13.1. The Hall–Kier alpha value is -2.90. The van der Waals surface area contributed by atoms with Crippen LogP contribution in [0, 0.1) is 11.8 Å². The highest BCUT2D eigenvalue weighted by Gasteiger charge is 2.36. The van der Waals surface area contributed by atoms with Gasteiger partial charge in [-0.2, -0.15) is 0 Å². The summed E-state index contributed by atoms with van der Waals surface area (Å²) in [7, 11) is 0. The average Bonchev–Trinajstić information content (AvgIpc) is 3.44. The molecule has 0 aromatic heterocycles. The van der Waals surface area contributed by atoms with E-state index in [9.17, 15) is 19.2 Å². The van der Waals surface area contributed by atoms with E-state index in [-0.39, 0.29) is 36.1 Å². The van der Waals surface area contributed by atoms with Crippen LogP contribution in [0.2, 0.25) is 0 Å². The van der Waals surface area contributed by atoms with Gasteiger partial charge in [-0.25, -0.2) is 15.2 Å². The summed E-state index contributed by atoms with van der Waals surface area (Å²) in [5.74, 6) is -0.859. The number of carbonyl (C=O) groups is 4. The normalized spacial score (nSPS) is 19.8. The molecule has 8 heteroatoms. The van der Waals surface area contributed by atoms with Crippen molar-refractivity contribution in [3.05, 3.63) is 35.4 Å². The van der Waals surface area contributed by atoms with Gasteiger partial charge in [-0.3, -0.25) is 19.7 Å². The highest BCUT2D eigenvalue weighted by molar-refractivity contribution is 6.03. The summed E-state index contributed by atoms with van der Waals surface area (Å²) in [4.78, 5) is 48.5. The van der Waals surface area contributed by atoms with Gasteiger partial charge in [0.1, 0.15) is 5.60 Å². The van der Waals surface area contributed by atoms with Crippen molar-refractivity contribution in [1.29, 1.82) is 0 Å². The van der Waals surface area contributed by atoms with Crippen LogP contribution in [0.3, 0.4) is 0 Å². The molecule has 1 aromatic rings. The van der Waals surface area contributed by atoms with E-state index in [0.29, 0.717) is 17.9 Å². The molecule has 1 aromatic carbocycles. The van der Waals surface area contributed by atoms with Gasteiger partial charge >= 0.3 is 6.09 Å². The number of rotatable bonds is 5. The number of nitrogens with one attached hydrogen (secondary N) is 2. The van der Waals surface area contributed by atoms with Crippen molar-refractivity contribution in [2.24, 2.45) is 11.8 Å². The molecule has 1 saturated heterocycles. The molecule has 0 unspecified atom stereocenters. The van der Waals surface area contributed by atoms with Gasteiger partial charge in [-0.1, -0.05) is 12.1 Å². The van der Waals surface area contributed by atoms with Crippen molar-refractivity contribution in [2.75, 3.05) is 0 Å². The van der Waals surface area contributed by atoms with Crippen molar-refractivity contribution in [1.82, 2.24) is 15.8 Å². The monoisotopic (exact) mass is 415 g/mol. The Morgan fingerprint density at radius 2 is 1.83 bits per heavy atom. The number of ether oxygens (including phenoxy) is 1. The molecule has 2 N–H and O–H groups in total. The lowest BCUT2D eigenvalue weighted by molar-refractivity contribution is -0.125. The minimum Gasteiger partial charge on any atom is -0.443 e. The van der Waals surface area contributed by atoms with Crippen LogP contribution in [-0.2, 0) is 20.7 Å². The van der Waals surface area contributed by atoms with Crippen molar-refractivity contribution >= 4 is 23.8 Å². The lowest BCUT2D eigenvalue weighted by Crippen LogP contribution is -2.52. The average molecular weight is 415 g/mol. The van der Waals surface area contributed by atoms with E-state index in [1.54, 1.807) is 45.0 Å². The van der Waals surface area contributed by atoms with Crippen LogP contribution in [0.15, 0.2) is 24.3 Å². The Labute approximate surface area is 176 Å². The third-order valence-electron chi connectivity index (χ3n) is 5.29. The minimum atomic E-state index is -0.670. The van der Waals surface area contributed by atoms with Crippen LogP contribution in [0.1, 0.15) is 62.9 Å². The standard InChI is InChI=1S/C22H29N3O5/c1-13(15-9-10-15)25(24-21(29)30-22(2,3)4)20(28)16-7-5-14(6-8-16)11-17-12-18(26)23-19(17)27/h5-8,13,15,17H,9-12H2,1-4H3,(H,24,29)(H,23,26,27)/t13-,17-/m0/s1. The van der Waals surface area contributed by atoms with Gasteiger partial charge in [0.05, 0.1) is 12.0 Å². The molecule has 2 atom stereocenters. The number of nitrogens with zero attached hydrogens (tertiary/aromatic N) is 1. The molecule has 0 spiro atoms. The first-order valence-corrected chi connectivity index (χ1v) is 10.3. The molecule has 0 radical (unpaired) electrons. The molecule has 2 fully saturated rings. The second-order valence-electron chi connectivity index (χ2n) is 9.08. The number of benzene rings is 1. The fraction of sp³-hybridized carbons (Fsp3) is 0.545. The molecule has 0 bridgehead atoms. The van der Waals surface area contributed by atoms with Gasteiger partial charge in [0.25, 0.3) is 5.91 Å². The molecule has 1 heterocycles. The Morgan fingerprint density at radius 1 is 1.20 bits per heavy atom. The van der Waals surface area contributed by atoms with E-state index in [1.165, 1.54) is 5.01 Å². The topological polar surface area (TPSA) is 105 Å². The fourth-order valence-electron chi connectivity index (χ4n) is 3.51. The molecule has 30 heavy (non-hydrogen) atoms. The van der Waals surface area contributed by atoms with Crippen LogP contribution in [0.5, 0.6) is 0 Å². The summed E-state index contributed by atoms with van der Waals surface area (Å²) in [6, 6.07) is 6.75. The molecule has 1 saturated carbocycles. The van der Waals surface area contributed by atoms with Crippen molar-refractivity contribution in [3.63, 3.8) is 0 Å². The molecular weight excluding hydrogens is 386 g/mol. The molecule has 1 aliphatic carbocycles. The zero-order chi connectivity index (χ0) is 22.1. The molecule has 8 nitrogen and oxygen atoms in total. The Morgan fingerprint density at radius 3 is 2.33 bits per heavy atom. The number of imide groups is 1. The summed E-state index contributed by atoms with van der Waals surface area (Å²) in [6.45, 7) is 7.21. The Bertz CT molecular complexity index is 839. The van der Waals surface area contributed by atoms with Gasteiger partial charge in [0.2, 0.25) is 11.8 Å². The number of hydrogen-bond donors (Lipinski definition) is 2. The SMILES string of the molecule is C[C@@H](C1CC1)N(NC(=O)OC(C)(C)C)C(=O)c1ccc(C[C@H]2CC(=O)NC2=O)cc1. The predicted octanol–water partition coefficient (Wildman–Crippen LogP) is 2.57. The molecule has 3 rings (SSSR count). The first-order chi connectivity index (χ1) is 14.0. The van der Waals surface area contributed by atoms with Crippen LogP contribution in [0.4, 0.5) is 4.79 Å². The number of hydrogen-bond acceptors (Lipinski definition) is 5. The summed E-state index contributed by atoms with van der Waals surface area (Å²) in [6.07, 6.45) is 1.98. The molecule has 4 amide bonds. The van der Waals surface area contributed by atoms with E-state index >= 15 is 0 Å².